The fourth-order valence-electron chi connectivity index (χ4n) is 1.63. The van der Waals surface area contributed by atoms with Gasteiger partial charge in [-0.15, -0.1) is 0 Å². The van der Waals surface area contributed by atoms with E-state index in [1.165, 1.54) is 24.3 Å². The van der Waals surface area contributed by atoms with Crippen molar-refractivity contribution in [1.29, 1.82) is 0 Å². The first-order chi connectivity index (χ1) is 9.77. The van der Waals surface area contributed by atoms with Gasteiger partial charge in [-0.2, -0.15) is 13.2 Å². The van der Waals surface area contributed by atoms with Crippen LogP contribution in [0, 0.1) is 0 Å². The Labute approximate surface area is 123 Å². The van der Waals surface area contributed by atoms with Gasteiger partial charge in [-0.25, -0.2) is 4.98 Å². The van der Waals surface area contributed by atoms with Gasteiger partial charge in [0, 0.05) is 22.8 Å². The molecule has 0 atom stereocenters. The van der Waals surface area contributed by atoms with E-state index >= 15 is 0 Å². The summed E-state index contributed by atoms with van der Waals surface area (Å²) in [5.74, 6) is -0.682. The highest BCUT2D eigenvalue weighted by Gasteiger charge is 2.35. The Bertz CT molecular complexity index is 669. The van der Waals surface area contributed by atoms with Gasteiger partial charge >= 0.3 is 6.18 Å². The van der Waals surface area contributed by atoms with Crippen LogP contribution in [0.5, 0.6) is 11.6 Å². The lowest BCUT2D eigenvalue weighted by molar-refractivity contribution is -0.138. The quantitative estimate of drug-likeness (QED) is 0.767. The van der Waals surface area contributed by atoms with E-state index in [2.05, 4.69) is 4.98 Å². The van der Waals surface area contributed by atoms with E-state index in [-0.39, 0.29) is 11.6 Å². The zero-order valence-electron chi connectivity index (χ0n) is 10.7. The summed E-state index contributed by atoms with van der Waals surface area (Å²) in [7, 11) is 0. The molecule has 0 aliphatic carbocycles. The van der Waals surface area contributed by atoms with Crippen molar-refractivity contribution in [1.82, 2.24) is 4.98 Å². The lowest BCUT2D eigenvalue weighted by Gasteiger charge is -2.12. The summed E-state index contributed by atoms with van der Waals surface area (Å²) in [5, 5.41) is 0.471. The summed E-state index contributed by atoms with van der Waals surface area (Å²) >= 11 is 5.70. The maximum atomic E-state index is 12.9. The Hall–Kier alpha value is -2.08. The topological polar surface area (TPSA) is 39.2 Å². The smallest absolute Gasteiger partial charge is 0.417 e. The van der Waals surface area contributed by atoms with Crippen LogP contribution in [-0.4, -0.2) is 10.8 Å². The van der Waals surface area contributed by atoms with Gasteiger partial charge in [0.15, 0.2) is 5.78 Å². The van der Waals surface area contributed by atoms with E-state index in [0.717, 1.165) is 13.1 Å². The molecular weight excluding hydrogens is 307 g/mol. The van der Waals surface area contributed by atoms with Crippen LogP contribution in [0.25, 0.3) is 0 Å². The first-order valence-electron chi connectivity index (χ1n) is 5.79. The number of halogens is 4. The van der Waals surface area contributed by atoms with Gasteiger partial charge in [-0.1, -0.05) is 11.6 Å². The van der Waals surface area contributed by atoms with Crippen molar-refractivity contribution < 1.29 is 22.7 Å². The molecule has 2 rings (SSSR count). The van der Waals surface area contributed by atoms with Crippen LogP contribution < -0.4 is 4.74 Å². The van der Waals surface area contributed by atoms with Crippen molar-refractivity contribution in [3.63, 3.8) is 0 Å². The molecule has 110 valence electrons. The van der Waals surface area contributed by atoms with E-state index in [1.807, 2.05) is 0 Å². The number of ether oxygens (including phenoxy) is 1. The third kappa shape index (κ3) is 3.72. The minimum Gasteiger partial charge on any atom is -0.439 e. The van der Waals surface area contributed by atoms with Gasteiger partial charge in [-0.05, 0) is 31.2 Å². The van der Waals surface area contributed by atoms with Crippen LogP contribution in [0.3, 0.4) is 0 Å². The number of nitrogens with zero attached hydrogens (tertiary/aromatic N) is 1. The first-order valence-corrected chi connectivity index (χ1v) is 6.17. The van der Waals surface area contributed by atoms with Crippen LogP contribution in [0.1, 0.15) is 22.8 Å². The molecule has 21 heavy (non-hydrogen) atoms. The zero-order chi connectivity index (χ0) is 15.6. The number of benzene rings is 1. The second kappa shape index (κ2) is 5.73. The van der Waals surface area contributed by atoms with Gasteiger partial charge in [-0.3, -0.25) is 4.79 Å². The fraction of sp³-hybridized carbons (Fsp3) is 0.143. The zero-order valence-corrected chi connectivity index (χ0v) is 11.5. The molecule has 1 aromatic carbocycles. The molecule has 0 fully saturated rings. The van der Waals surface area contributed by atoms with Crippen molar-refractivity contribution in [2.75, 3.05) is 0 Å². The van der Waals surface area contributed by atoms with Gasteiger partial charge < -0.3 is 4.74 Å². The Morgan fingerprint density at radius 2 is 1.86 bits per heavy atom. The van der Waals surface area contributed by atoms with Crippen molar-refractivity contribution >= 4 is 17.4 Å². The molecule has 0 aliphatic rings. The van der Waals surface area contributed by atoms with Crippen LogP contribution in [0.2, 0.25) is 5.02 Å². The highest BCUT2D eigenvalue weighted by molar-refractivity contribution is 6.30. The molecule has 0 radical (unpaired) electrons. The summed E-state index contributed by atoms with van der Waals surface area (Å²) in [6.07, 6.45) is -3.81. The van der Waals surface area contributed by atoms with Crippen LogP contribution >= 0.6 is 11.6 Å². The number of alkyl halides is 3. The summed E-state index contributed by atoms with van der Waals surface area (Å²) in [5.41, 5.74) is -1.57. The third-order valence-corrected chi connectivity index (χ3v) is 2.85. The molecule has 0 spiro atoms. The number of carbonyl (C=O) groups is 1. The summed E-state index contributed by atoms with van der Waals surface area (Å²) in [6, 6.07) is 6.76. The Morgan fingerprint density at radius 1 is 1.24 bits per heavy atom. The second-order valence-corrected chi connectivity index (χ2v) is 4.61. The molecule has 0 bridgehead atoms. The average Bonchev–Trinajstić information content (AvgIpc) is 2.40. The summed E-state index contributed by atoms with van der Waals surface area (Å²) in [4.78, 5) is 14.9. The Balaban J connectivity index is 2.38. The predicted molar refractivity (Wildman–Crippen MR) is 70.8 cm³/mol. The van der Waals surface area contributed by atoms with Gasteiger partial charge in [0.05, 0.1) is 5.56 Å². The minimum absolute atomic E-state index is 0.255. The number of pyridine rings is 1. The number of ketones is 1. The standard InChI is InChI=1S/C14H9ClF3NO2/c1-8(20)11-7-19-13(6-12(11)14(16,17)18)21-10-4-2-9(15)3-5-10/h2-7H,1H3. The van der Waals surface area contributed by atoms with Crippen molar-refractivity contribution in [2.24, 2.45) is 0 Å². The van der Waals surface area contributed by atoms with Crippen molar-refractivity contribution in [3.8, 4) is 11.6 Å². The molecule has 0 saturated heterocycles. The molecule has 0 saturated carbocycles. The van der Waals surface area contributed by atoms with E-state index in [4.69, 9.17) is 16.3 Å². The summed E-state index contributed by atoms with van der Waals surface area (Å²) in [6.45, 7) is 1.05. The van der Waals surface area contributed by atoms with E-state index in [0.29, 0.717) is 11.1 Å². The highest BCUT2D eigenvalue weighted by atomic mass is 35.5. The lowest BCUT2D eigenvalue weighted by Crippen LogP contribution is -2.12. The van der Waals surface area contributed by atoms with Gasteiger partial charge in [0.1, 0.15) is 5.75 Å². The maximum absolute atomic E-state index is 12.9. The number of hydrogen-bond donors (Lipinski definition) is 0. The van der Waals surface area contributed by atoms with E-state index in [1.54, 1.807) is 0 Å². The number of Topliss-reactive ketones (excluding diaryl/α,β-unsaturated/α-hetero) is 1. The molecule has 0 unspecified atom stereocenters. The summed E-state index contributed by atoms with van der Waals surface area (Å²) < 4.78 is 44.0. The number of hydrogen-bond acceptors (Lipinski definition) is 3. The van der Waals surface area contributed by atoms with Crippen LogP contribution in [-0.2, 0) is 6.18 Å². The van der Waals surface area contributed by atoms with Crippen LogP contribution in [0.15, 0.2) is 36.5 Å². The normalized spacial score (nSPS) is 11.3. The maximum Gasteiger partial charge on any atom is 0.417 e. The molecular formula is C14H9ClF3NO2. The third-order valence-electron chi connectivity index (χ3n) is 2.60. The molecule has 0 aliphatic heterocycles. The molecule has 0 N–H and O–H groups in total. The molecule has 3 nitrogen and oxygen atoms in total. The lowest BCUT2D eigenvalue weighted by atomic mass is 10.1. The molecule has 1 heterocycles. The van der Waals surface area contributed by atoms with Crippen LogP contribution in [0.4, 0.5) is 13.2 Å². The fourth-order valence-corrected chi connectivity index (χ4v) is 1.76. The second-order valence-electron chi connectivity index (χ2n) is 4.18. The molecule has 1 aromatic heterocycles. The van der Waals surface area contributed by atoms with E-state index in [9.17, 15) is 18.0 Å². The largest absolute Gasteiger partial charge is 0.439 e. The van der Waals surface area contributed by atoms with Crippen molar-refractivity contribution in [3.05, 3.63) is 52.7 Å². The first kappa shape index (κ1) is 15.3. The average molecular weight is 316 g/mol. The van der Waals surface area contributed by atoms with Crippen molar-refractivity contribution in [2.45, 2.75) is 13.1 Å². The minimum atomic E-state index is -4.66. The Morgan fingerprint density at radius 3 is 2.38 bits per heavy atom. The van der Waals surface area contributed by atoms with Gasteiger partial charge in [0.25, 0.3) is 0 Å². The van der Waals surface area contributed by atoms with E-state index < -0.39 is 23.1 Å². The Kier molecular flexibility index (Phi) is 4.18. The molecule has 7 heteroatoms. The highest BCUT2D eigenvalue weighted by Crippen LogP contribution is 2.34. The predicted octanol–water partition coefficient (Wildman–Crippen LogP) is 4.75. The number of rotatable bonds is 3. The van der Waals surface area contributed by atoms with Gasteiger partial charge in [0.2, 0.25) is 5.88 Å². The SMILES string of the molecule is CC(=O)c1cnc(Oc2ccc(Cl)cc2)cc1C(F)(F)F. The molecule has 2 aromatic rings. The number of aromatic nitrogens is 1. The monoisotopic (exact) mass is 315 g/mol. The molecule has 0 amide bonds. The number of carbonyl (C=O) groups excluding carboxylic acids is 1.